The Morgan fingerprint density at radius 2 is 1.95 bits per heavy atom. The summed E-state index contributed by atoms with van der Waals surface area (Å²) >= 11 is 0. The topological polar surface area (TPSA) is 145 Å². The van der Waals surface area contributed by atoms with Gasteiger partial charge in [-0.25, -0.2) is 0 Å². The van der Waals surface area contributed by atoms with E-state index in [0.717, 1.165) is 80.8 Å². The second kappa shape index (κ2) is 12.6. The maximum atomic E-state index is 8.93. The molecule has 2 aliphatic heterocycles. The smallest absolute Gasteiger partial charge is 0.229 e. The Hall–Kier alpha value is -4.07. The normalized spacial score (nSPS) is 17.9. The number of nitrogens with zero attached hydrogens (tertiary/aromatic N) is 8. The zero-order chi connectivity index (χ0) is 28.0. The van der Waals surface area contributed by atoms with Gasteiger partial charge in [-0.1, -0.05) is 11.2 Å². The van der Waals surface area contributed by atoms with Crippen molar-refractivity contribution in [1.29, 1.82) is 0 Å². The monoisotopic (exact) mass is 560 g/mol. The van der Waals surface area contributed by atoms with Crippen molar-refractivity contribution in [3.05, 3.63) is 54.0 Å². The zero-order valence-electron chi connectivity index (χ0n) is 23.2. The number of aromatic nitrogens is 6. The molecular weight excluding hydrogens is 524 g/mol. The van der Waals surface area contributed by atoms with Gasteiger partial charge in [0.1, 0.15) is 17.3 Å². The predicted molar refractivity (Wildman–Crippen MR) is 154 cm³/mol. The third kappa shape index (κ3) is 6.47. The Balaban J connectivity index is 1.23. The van der Waals surface area contributed by atoms with E-state index in [-0.39, 0.29) is 12.6 Å². The summed E-state index contributed by atoms with van der Waals surface area (Å²) in [5, 5.41) is 23.9. The number of ether oxygens (including phenoxy) is 1. The van der Waals surface area contributed by atoms with Crippen LogP contribution in [0.4, 0.5) is 23.4 Å². The fraction of sp³-hybridized carbons (Fsp3) is 0.464. The fourth-order valence-electron chi connectivity index (χ4n) is 5.33. The lowest BCUT2D eigenvalue weighted by Crippen LogP contribution is -2.47. The maximum absolute atomic E-state index is 8.93. The average Bonchev–Trinajstić information content (AvgIpc) is 3.77. The van der Waals surface area contributed by atoms with Crippen LogP contribution in [0.2, 0.25) is 0 Å². The minimum Gasteiger partial charge on any atom is -0.394 e. The van der Waals surface area contributed by atoms with Crippen LogP contribution in [0.25, 0.3) is 11.4 Å². The second-order valence-corrected chi connectivity index (χ2v) is 10.3. The zero-order valence-corrected chi connectivity index (χ0v) is 23.2. The molecule has 0 aliphatic carbocycles. The lowest BCUT2D eigenvalue weighted by Gasteiger charge is -2.35. The molecular formula is C28H36N10O3. The van der Waals surface area contributed by atoms with Crippen LogP contribution in [-0.4, -0.2) is 99.4 Å². The maximum Gasteiger partial charge on any atom is 0.229 e. The first-order valence-corrected chi connectivity index (χ1v) is 14.1. The number of aliphatic hydroxyl groups is 1. The van der Waals surface area contributed by atoms with Crippen LogP contribution in [-0.2, 0) is 4.74 Å². The lowest BCUT2D eigenvalue weighted by atomic mass is 10.1. The van der Waals surface area contributed by atoms with Crippen LogP contribution in [0.15, 0.2) is 47.1 Å². The van der Waals surface area contributed by atoms with E-state index in [0.29, 0.717) is 30.8 Å². The van der Waals surface area contributed by atoms with Gasteiger partial charge in [0.25, 0.3) is 0 Å². The first-order valence-electron chi connectivity index (χ1n) is 14.1. The minimum atomic E-state index is -0.0218. The van der Waals surface area contributed by atoms with Crippen molar-refractivity contribution in [3.63, 3.8) is 0 Å². The number of aromatic amines is 1. The van der Waals surface area contributed by atoms with Crippen molar-refractivity contribution >= 4 is 23.4 Å². The highest BCUT2D eigenvalue weighted by atomic mass is 16.5. The summed E-state index contributed by atoms with van der Waals surface area (Å²) in [5.41, 5.74) is 2.47. The number of nitrogens with one attached hydrogen (secondary N) is 2. The van der Waals surface area contributed by atoms with Crippen molar-refractivity contribution in [1.82, 2.24) is 35.2 Å². The molecule has 13 heteroatoms. The van der Waals surface area contributed by atoms with E-state index in [1.807, 2.05) is 43.3 Å². The predicted octanol–water partition coefficient (Wildman–Crippen LogP) is 2.77. The van der Waals surface area contributed by atoms with Gasteiger partial charge < -0.3 is 29.5 Å². The largest absolute Gasteiger partial charge is 0.394 e. The first kappa shape index (κ1) is 27.1. The van der Waals surface area contributed by atoms with Crippen LogP contribution < -0.4 is 15.1 Å². The summed E-state index contributed by atoms with van der Waals surface area (Å²) < 4.78 is 11.3. The third-order valence-corrected chi connectivity index (χ3v) is 7.44. The Morgan fingerprint density at radius 1 is 1.05 bits per heavy atom. The molecule has 2 aliphatic rings. The third-order valence-electron chi connectivity index (χ3n) is 7.44. The number of hydrogen-bond acceptors (Lipinski definition) is 12. The Labute approximate surface area is 238 Å². The van der Waals surface area contributed by atoms with E-state index in [1.54, 1.807) is 6.20 Å². The molecule has 0 spiro atoms. The number of pyridine rings is 1. The van der Waals surface area contributed by atoms with E-state index >= 15 is 0 Å². The molecule has 4 aromatic rings. The number of aryl methyl sites for hydroxylation is 1. The number of H-pyrrole nitrogens is 1. The standard InChI is InChI=1S/C28H36N10O3/c1-20-17-26(34-33-20)30-25-19-27(37-11-9-36(10-12-37)13-15-40-16-14-39)32-28(31-25)38-8-4-6-23(38)24-18-22(35-41-24)21-5-2-3-7-29-21/h2-3,5,7,17-19,23,39H,4,6,8-16H2,1H3,(H2,30,31,32,33,34)/t23-/m0/s1. The van der Waals surface area contributed by atoms with Gasteiger partial charge in [-0.05, 0) is 31.9 Å². The van der Waals surface area contributed by atoms with Crippen LogP contribution >= 0.6 is 0 Å². The summed E-state index contributed by atoms with van der Waals surface area (Å²) in [6.07, 6.45) is 3.67. The van der Waals surface area contributed by atoms with E-state index in [1.165, 1.54) is 0 Å². The highest BCUT2D eigenvalue weighted by Gasteiger charge is 2.32. The van der Waals surface area contributed by atoms with Crippen LogP contribution in [0.3, 0.4) is 0 Å². The van der Waals surface area contributed by atoms with E-state index in [9.17, 15) is 0 Å². The van der Waals surface area contributed by atoms with Crippen molar-refractivity contribution in [3.8, 4) is 11.4 Å². The molecule has 3 N–H and O–H groups in total. The molecule has 6 rings (SSSR count). The number of aliphatic hydroxyl groups excluding tert-OH is 1. The van der Waals surface area contributed by atoms with E-state index in [2.05, 4.69) is 40.4 Å². The number of rotatable bonds is 11. The van der Waals surface area contributed by atoms with Crippen LogP contribution in [0.5, 0.6) is 0 Å². The summed E-state index contributed by atoms with van der Waals surface area (Å²) in [7, 11) is 0. The highest BCUT2D eigenvalue weighted by molar-refractivity contribution is 5.61. The van der Waals surface area contributed by atoms with Crippen molar-refractivity contribution in [2.45, 2.75) is 25.8 Å². The van der Waals surface area contributed by atoms with Crippen molar-refractivity contribution < 1.29 is 14.4 Å². The van der Waals surface area contributed by atoms with E-state index in [4.69, 9.17) is 24.3 Å². The average molecular weight is 561 g/mol. The fourth-order valence-corrected chi connectivity index (χ4v) is 5.33. The van der Waals surface area contributed by atoms with Gasteiger partial charge in [0.2, 0.25) is 5.95 Å². The molecule has 41 heavy (non-hydrogen) atoms. The molecule has 1 atom stereocenters. The number of hydrogen-bond donors (Lipinski definition) is 3. The SMILES string of the molecule is Cc1cc(Nc2cc(N3CCN(CCOCCO)CC3)nc(N3CCC[C@H]3c3cc(-c4ccccn4)no3)n2)n[nH]1. The second-order valence-electron chi connectivity index (χ2n) is 10.3. The van der Waals surface area contributed by atoms with Crippen LogP contribution in [0, 0.1) is 6.92 Å². The minimum absolute atomic E-state index is 0.0218. The summed E-state index contributed by atoms with van der Waals surface area (Å²) in [6, 6.07) is 11.7. The van der Waals surface area contributed by atoms with Gasteiger partial charge in [-0.2, -0.15) is 15.1 Å². The molecule has 13 nitrogen and oxygen atoms in total. The van der Waals surface area contributed by atoms with Crippen molar-refractivity contribution in [2.75, 3.05) is 74.2 Å². The van der Waals surface area contributed by atoms with Crippen LogP contribution in [0.1, 0.15) is 30.3 Å². The molecule has 216 valence electrons. The number of anilines is 4. The lowest BCUT2D eigenvalue weighted by molar-refractivity contribution is 0.0724. The molecule has 6 heterocycles. The summed E-state index contributed by atoms with van der Waals surface area (Å²) in [5.74, 6) is 3.70. The van der Waals surface area contributed by atoms with Crippen molar-refractivity contribution in [2.24, 2.45) is 0 Å². The summed E-state index contributed by atoms with van der Waals surface area (Å²) in [4.78, 5) is 21.3. The van der Waals surface area contributed by atoms with E-state index < -0.39 is 0 Å². The van der Waals surface area contributed by atoms with Gasteiger partial charge in [-0.15, -0.1) is 0 Å². The van der Waals surface area contributed by atoms with Gasteiger partial charge in [0.05, 0.1) is 31.6 Å². The summed E-state index contributed by atoms with van der Waals surface area (Å²) in [6.45, 7) is 8.19. The van der Waals surface area contributed by atoms with Gasteiger partial charge >= 0.3 is 0 Å². The van der Waals surface area contributed by atoms with Gasteiger partial charge in [0, 0.05) is 69.4 Å². The Morgan fingerprint density at radius 3 is 2.73 bits per heavy atom. The highest BCUT2D eigenvalue weighted by Crippen LogP contribution is 2.37. The molecule has 2 saturated heterocycles. The quantitative estimate of drug-likeness (QED) is 0.232. The molecule has 0 amide bonds. The Kier molecular flexibility index (Phi) is 8.35. The molecule has 0 aromatic carbocycles. The molecule has 0 bridgehead atoms. The molecule has 0 saturated carbocycles. The number of piperazine rings is 1. The molecule has 2 fully saturated rings. The molecule has 0 radical (unpaired) electrons. The van der Waals surface area contributed by atoms with Gasteiger partial charge in [-0.3, -0.25) is 15.0 Å². The first-order chi connectivity index (χ1) is 20.2. The Bertz CT molecular complexity index is 1400. The molecule has 0 unspecified atom stereocenters. The van der Waals surface area contributed by atoms with Gasteiger partial charge in [0.15, 0.2) is 11.6 Å². The molecule has 4 aromatic heterocycles.